The first-order valence-corrected chi connectivity index (χ1v) is 5.93. The molecule has 1 atom stereocenters. The van der Waals surface area contributed by atoms with Gasteiger partial charge in [-0.2, -0.15) is 0 Å². The van der Waals surface area contributed by atoms with Gasteiger partial charge in [-0.15, -0.1) is 0 Å². The molecule has 86 valence electrons. The van der Waals surface area contributed by atoms with Crippen molar-refractivity contribution in [2.45, 2.75) is 39.8 Å². The molecule has 0 saturated carbocycles. The van der Waals surface area contributed by atoms with Crippen molar-refractivity contribution < 1.29 is 18.6 Å². The molecule has 0 radical (unpaired) electrons. The molecule has 0 rings (SSSR count). The smallest absolute Gasteiger partial charge is 0.309 e. The Bertz CT molecular complexity index is 126. The SMILES string of the molecule is CCOC(OCC)(OCC)C(C)O[SiH3]. The minimum atomic E-state index is -1.03. The van der Waals surface area contributed by atoms with Crippen LogP contribution in [0.4, 0.5) is 0 Å². The van der Waals surface area contributed by atoms with Crippen molar-refractivity contribution in [3.63, 3.8) is 0 Å². The van der Waals surface area contributed by atoms with E-state index in [1.165, 1.54) is 0 Å². The zero-order chi connectivity index (χ0) is 11.0. The van der Waals surface area contributed by atoms with Gasteiger partial charge in [0.05, 0.1) is 0 Å². The fraction of sp³-hybridized carbons (Fsp3) is 1.00. The van der Waals surface area contributed by atoms with Gasteiger partial charge in [-0.3, -0.25) is 0 Å². The van der Waals surface area contributed by atoms with Crippen molar-refractivity contribution in [1.82, 2.24) is 0 Å². The Kier molecular flexibility index (Phi) is 7.39. The second kappa shape index (κ2) is 7.36. The van der Waals surface area contributed by atoms with Crippen molar-refractivity contribution in [3.05, 3.63) is 0 Å². The monoisotopic (exact) mass is 222 g/mol. The molecule has 0 fully saturated rings. The van der Waals surface area contributed by atoms with Crippen molar-refractivity contribution in [2.75, 3.05) is 19.8 Å². The van der Waals surface area contributed by atoms with Crippen LogP contribution in [0.15, 0.2) is 0 Å². The lowest BCUT2D eigenvalue weighted by Gasteiger charge is -2.36. The van der Waals surface area contributed by atoms with Gasteiger partial charge in [0.25, 0.3) is 0 Å². The summed E-state index contributed by atoms with van der Waals surface area (Å²) in [7, 11) is 0.635. The van der Waals surface area contributed by atoms with Crippen molar-refractivity contribution in [3.8, 4) is 0 Å². The Balaban J connectivity index is 4.53. The lowest BCUT2D eigenvalue weighted by atomic mass is 10.3. The predicted molar refractivity (Wildman–Crippen MR) is 58.1 cm³/mol. The normalized spacial score (nSPS) is 14.6. The lowest BCUT2D eigenvalue weighted by molar-refractivity contribution is -0.403. The Hall–Kier alpha value is 0.0569. The van der Waals surface area contributed by atoms with Crippen LogP contribution in [0.2, 0.25) is 0 Å². The Morgan fingerprint density at radius 3 is 1.57 bits per heavy atom. The molecule has 0 saturated heterocycles. The first-order chi connectivity index (χ1) is 6.66. The lowest BCUT2D eigenvalue weighted by Crippen LogP contribution is -2.49. The summed E-state index contributed by atoms with van der Waals surface area (Å²) in [5, 5.41) is 0. The van der Waals surface area contributed by atoms with Crippen molar-refractivity contribution in [1.29, 1.82) is 0 Å². The Labute approximate surface area is 89.4 Å². The molecule has 0 aromatic rings. The summed E-state index contributed by atoms with van der Waals surface area (Å²) < 4.78 is 21.9. The van der Waals surface area contributed by atoms with E-state index >= 15 is 0 Å². The summed E-state index contributed by atoms with van der Waals surface area (Å²) in [5.41, 5.74) is 0. The third-order valence-electron chi connectivity index (χ3n) is 1.89. The van der Waals surface area contributed by atoms with E-state index in [0.717, 1.165) is 0 Å². The molecule has 4 nitrogen and oxygen atoms in total. The minimum Gasteiger partial charge on any atom is -0.417 e. The molecule has 0 aliphatic carbocycles. The molecule has 1 unspecified atom stereocenters. The van der Waals surface area contributed by atoms with Gasteiger partial charge in [0.2, 0.25) is 0 Å². The first-order valence-electron chi connectivity index (χ1n) is 5.11. The third kappa shape index (κ3) is 3.66. The van der Waals surface area contributed by atoms with Gasteiger partial charge in [0.1, 0.15) is 16.6 Å². The average molecular weight is 222 g/mol. The summed E-state index contributed by atoms with van der Waals surface area (Å²) in [6.45, 7) is 9.24. The number of hydrogen-bond donors (Lipinski definition) is 0. The van der Waals surface area contributed by atoms with Gasteiger partial charge in [-0.05, 0) is 27.7 Å². The van der Waals surface area contributed by atoms with E-state index in [-0.39, 0.29) is 6.10 Å². The van der Waals surface area contributed by atoms with Crippen LogP contribution in [-0.4, -0.2) is 42.4 Å². The molecule has 0 aromatic carbocycles. The van der Waals surface area contributed by atoms with Crippen LogP contribution in [-0.2, 0) is 18.6 Å². The first kappa shape index (κ1) is 14.1. The van der Waals surface area contributed by atoms with Gasteiger partial charge >= 0.3 is 5.97 Å². The summed E-state index contributed by atoms with van der Waals surface area (Å²) >= 11 is 0. The summed E-state index contributed by atoms with van der Waals surface area (Å²) in [6.07, 6.45) is -0.200. The summed E-state index contributed by atoms with van der Waals surface area (Å²) in [4.78, 5) is 0. The van der Waals surface area contributed by atoms with Crippen LogP contribution in [0.25, 0.3) is 0 Å². The minimum absolute atomic E-state index is 0.200. The van der Waals surface area contributed by atoms with Gasteiger partial charge < -0.3 is 18.6 Å². The highest BCUT2D eigenvalue weighted by Crippen LogP contribution is 2.22. The van der Waals surface area contributed by atoms with Crippen LogP contribution in [0.3, 0.4) is 0 Å². The zero-order valence-electron chi connectivity index (χ0n) is 9.83. The Morgan fingerprint density at radius 2 is 1.36 bits per heavy atom. The fourth-order valence-electron chi connectivity index (χ4n) is 1.22. The van der Waals surface area contributed by atoms with E-state index < -0.39 is 5.97 Å². The molecular weight excluding hydrogens is 200 g/mol. The Morgan fingerprint density at radius 1 is 1.00 bits per heavy atom. The molecule has 0 bridgehead atoms. The maximum atomic E-state index is 5.52. The van der Waals surface area contributed by atoms with Gasteiger partial charge in [-0.1, -0.05) is 0 Å². The molecule has 14 heavy (non-hydrogen) atoms. The van der Waals surface area contributed by atoms with E-state index in [2.05, 4.69) is 0 Å². The maximum Gasteiger partial charge on any atom is 0.309 e. The van der Waals surface area contributed by atoms with E-state index in [4.69, 9.17) is 18.6 Å². The summed E-state index contributed by atoms with van der Waals surface area (Å²) in [5.74, 6) is -1.03. The maximum absolute atomic E-state index is 5.52. The van der Waals surface area contributed by atoms with Gasteiger partial charge in [0, 0.05) is 19.8 Å². The zero-order valence-corrected chi connectivity index (χ0v) is 11.8. The van der Waals surface area contributed by atoms with E-state index in [1.54, 1.807) is 0 Å². The van der Waals surface area contributed by atoms with Crippen molar-refractivity contribution in [2.24, 2.45) is 0 Å². The van der Waals surface area contributed by atoms with E-state index in [9.17, 15) is 0 Å². The average Bonchev–Trinajstić information content (AvgIpc) is 2.17. The highest BCUT2D eigenvalue weighted by Gasteiger charge is 2.39. The van der Waals surface area contributed by atoms with E-state index in [1.807, 2.05) is 27.7 Å². The second-order valence-electron chi connectivity index (χ2n) is 2.78. The number of rotatable bonds is 8. The second-order valence-corrected chi connectivity index (χ2v) is 3.25. The van der Waals surface area contributed by atoms with Crippen LogP contribution in [0.1, 0.15) is 27.7 Å². The molecule has 0 amide bonds. The van der Waals surface area contributed by atoms with Gasteiger partial charge in [-0.25, -0.2) is 0 Å². The fourth-order valence-corrected chi connectivity index (χ4v) is 1.51. The van der Waals surface area contributed by atoms with Crippen molar-refractivity contribution >= 4 is 10.5 Å². The molecule has 0 heterocycles. The molecule has 0 N–H and O–H groups in total. The highest BCUT2D eigenvalue weighted by atomic mass is 28.2. The molecule has 5 heteroatoms. The standard InChI is InChI=1S/C9H22O4Si/c1-5-10-9(11-6-2,12-7-3)8(4)13-14/h8H,5-7H2,1-4,14H3. The van der Waals surface area contributed by atoms with Gasteiger partial charge in [0.15, 0.2) is 0 Å². The summed E-state index contributed by atoms with van der Waals surface area (Å²) in [6, 6.07) is 0. The largest absolute Gasteiger partial charge is 0.417 e. The number of hydrogen-bond acceptors (Lipinski definition) is 4. The topological polar surface area (TPSA) is 36.9 Å². The predicted octanol–water partition coefficient (Wildman–Crippen LogP) is 0.435. The quantitative estimate of drug-likeness (QED) is 0.441. The van der Waals surface area contributed by atoms with Crippen LogP contribution in [0.5, 0.6) is 0 Å². The van der Waals surface area contributed by atoms with E-state index in [0.29, 0.717) is 30.3 Å². The number of ether oxygens (including phenoxy) is 3. The van der Waals surface area contributed by atoms with Crippen LogP contribution >= 0.6 is 0 Å². The molecular formula is C9H22O4Si. The molecule has 0 aliphatic rings. The third-order valence-corrected chi connectivity index (χ3v) is 2.60. The highest BCUT2D eigenvalue weighted by molar-refractivity contribution is 5.98. The van der Waals surface area contributed by atoms with Crippen LogP contribution in [0, 0.1) is 0 Å². The molecule has 0 aliphatic heterocycles. The molecule has 0 spiro atoms. The van der Waals surface area contributed by atoms with Crippen LogP contribution < -0.4 is 0 Å². The molecule has 0 aromatic heterocycles.